The number of anilines is 8. The summed E-state index contributed by atoms with van der Waals surface area (Å²) >= 11 is 1.93. The van der Waals surface area contributed by atoms with Gasteiger partial charge in [-0.1, -0.05) is 206 Å². The van der Waals surface area contributed by atoms with E-state index in [9.17, 15) is 0 Å². The van der Waals surface area contributed by atoms with Crippen molar-refractivity contribution in [2.75, 3.05) is 14.7 Å². The molecule has 0 bridgehead atoms. The van der Waals surface area contributed by atoms with Crippen LogP contribution in [0.25, 0.3) is 53.2 Å². The van der Waals surface area contributed by atoms with Crippen molar-refractivity contribution in [3.63, 3.8) is 0 Å². The van der Waals surface area contributed by atoms with Crippen LogP contribution >= 0.6 is 11.3 Å². The quantitative estimate of drug-likeness (QED) is 0.164. The number of hydrogen-bond donors (Lipinski definition) is 0. The Hall–Kier alpha value is -7.54. The van der Waals surface area contributed by atoms with Crippen molar-refractivity contribution in [2.45, 2.75) is 155 Å². The van der Waals surface area contributed by atoms with Gasteiger partial charge in [-0.3, -0.25) is 0 Å². The van der Waals surface area contributed by atoms with Gasteiger partial charge in [0.05, 0.1) is 22.6 Å². The lowest BCUT2D eigenvalue weighted by molar-refractivity contribution is 0.195. The molecule has 2 aromatic heterocycles. The number of fused-ring (bicyclic) bond motifs is 14. The van der Waals surface area contributed by atoms with Gasteiger partial charge in [-0.25, -0.2) is 0 Å². The first-order valence-corrected chi connectivity index (χ1v) is 31.7. The first-order valence-electron chi connectivity index (χ1n) is 30.9. The highest BCUT2D eigenvalue weighted by Gasteiger charge is 2.58. The first-order chi connectivity index (χ1) is 39.9. The molecular formula is C78H78BN3OS. The Morgan fingerprint density at radius 2 is 1.06 bits per heavy atom. The minimum atomic E-state index is -0.219. The predicted octanol–water partition coefficient (Wildman–Crippen LogP) is 20.6. The van der Waals surface area contributed by atoms with Gasteiger partial charge in [0.1, 0.15) is 5.58 Å². The van der Waals surface area contributed by atoms with Crippen molar-refractivity contribution in [3.8, 4) is 11.1 Å². The normalized spacial score (nSPS) is 18.6. The highest BCUT2D eigenvalue weighted by Crippen LogP contribution is 2.63. The molecule has 0 N–H and O–H groups in total. The van der Waals surface area contributed by atoms with Crippen LogP contribution < -0.4 is 31.1 Å². The van der Waals surface area contributed by atoms with Crippen LogP contribution in [0, 0.1) is 0 Å². The van der Waals surface area contributed by atoms with Crippen LogP contribution in [0.3, 0.4) is 0 Å². The molecule has 2 unspecified atom stereocenters. The van der Waals surface area contributed by atoms with E-state index in [4.69, 9.17) is 4.42 Å². The number of furan rings is 1. The number of hydrogen-bond acceptors (Lipinski definition) is 5. The van der Waals surface area contributed by atoms with E-state index in [2.05, 4.69) is 281 Å². The Morgan fingerprint density at radius 3 is 1.79 bits per heavy atom. The van der Waals surface area contributed by atoms with Crippen LogP contribution in [0.2, 0.25) is 0 Å². The second kappa shape index (κ2) is 18.0. The summed E-state index contributed by atoms with van der Waals surface area (Å²) in [5.41, 5.74) is 24.1. The molecule has 3 aliphatic heterocycles. The van der Waals surface area contributed by atoms with Crippen molar-refractivity contribution in [2.24, 2.45) is 0 Å². The van der Waals surface area contributed by atoms with Crippen molar-refractivity contribution in [1.29, 1.82) is 0 Å². The number of para-hydroxylation sites is 2. The minimum absolute atomic E-state index is 0.00496. The van der Waals surface area contributed by atoms with Crippen LogP contribution in [0.1, 0.15) is 150 Å². The van der Waals surface area contributed by atoms with Crippen molar-refractivity contribution in [3.05, 3.63) is 198 Å². The maximum Gasteiger partial charge on any atom is 0.252 e. The maximum absolute atomic E-state index is 7.16. The molecule has 15 rings (SSSR count). The largest absolute Gasteiger partial charge is 0.454 e. The molecule has 1 aliphatic carbocycles. The fourth-order valence-electron chi connectivity index (χ4n) is 15.5. The smallest absolute Gasteiger partial charge is 0.252 e. The van der Waals surface area contributed by atoms with Gasteiger partial charge in [0.2, 0.25) is 0 Å². The maximum atomic E-state index is 7.16. The molecule has 5 heterocycles. The molecule has 6 heteroatoms. The van der Waals surface area contributed by atoms with E-state index in [-0.39, 0.29) is 39.3 Å². The zero-order valence-electron chi connectivity index (χ0n) is 51.7. The Balaban J connectivity index is 1.14. The molecule has 420 valence electrons. The average molecular weight is 1120 g/mol. The summed E-state index contributed by atoms with van der Waals surface area (Å²) in [7, 11) is 0. The zero-order valence-corrected chi connectivity index (χ0v) is 52.5. The molecule has 4 aliphatic rings. The Labute approximate surface area is 502 Å². The lowest BCUT2D eigenvalue weighted by atomic mass is 9.33. The number of nitrogens with zero attached hydrogens (tertiary/aromatic N) is 3. The van der Waals surface area contributed by atoms with Crippen LogP contribution in [0.5, 0.6) is 0 Å². The van der Waals surface area contributed by atoms with E-state index in [0.29, 0.717) is 0 Å². The molecule has 0 spiro atoms. The standard InChI is InChI=1S/C78H78BN3OS/c1-73(2,3)48-29-34-60(55(41-48)47-23-16-15-17-24-47)81-65-46-52(82-61-35-30-50(75(7,8)9)43-57(61)77(13)39-20-21-40-78(77,82)14)45-64-70(65)79(58-33-38-68-69(71(58)81)56-42-49(74(4,5)6)32-37-67(56)84-68)59-44-51(76(10,11)12)31-36-62(59)80(64)63-27-22-26-54-53-25-18-19-28-66(53)83-72(54)63/h15-19,22-38,41-46H,20-21,39-40H2,1-14H3. The van der Waals surface area contributed by atoms with Crippen molar-refractivity contribution < 1.29 is 4.42 Å². The van der Waals surface area contributed by atoms with E-state index >= 15 is 0 Å². The summed E-state index contributed by atoms with van der Waals surface area (Å²) in [4.78, 5) is 8.22. The van der Waals surface area contributed by atoms with E-state index in [1.807, 2.05) is 11.3 Å². The van der Waals surface area contributed by atoms with E-state index < -0.39 is 0 Å². The molecule has 4 nitrogen and oxygen atoms in total. The van der Waals surface area contributed by atoms with Crippen molar-refractivity contribution >= 4 is 122 Å². The molecule has 11 aromatic rings. The third-order valence-electron chi connectivity index (χ3n) is 20.4. The van der Waals surface area contributed by atoms with Crippen LogP contribution in [0.4, 0.5) is 45.5 Å². The summed E-state index contributed by atoms with van der Waals surface area (Å²) in [5, 5.41) is 4.90. The number of benzene rings is 9. The van der Waals surface area contributed by atoms with Crippen LogP contribution in [-0.2, 0) is 27.1 Å². The summed E-state index contributed by atoms with van der Waals surface area (Å²) in [5.74, 6) is 0. The van der Waals surface area contributed by atoms with Gasteiger partial charge in [0.25, 0.3) is 6.71 Å². The van der Waals surface area contributed by atoms with E-state index in [1.165, 1.54) is 128 Å². The molecule has 84 heavy (non-hydrogen) atoms. The fourth-order valence-corrected chi connectivity index (χ4v) is 16.6. The zero-order chi connectivity index (χ0) is 58.4. The second-order valence-corrected chi connectivity index (χ2v) is 30.8. The third-order valence-corrected chi connectivity index (χ3v) is 21.6. The van der Waals surface area contributed by atoms with Gasteiger partial charge in [-0.05, 0) is 158 Å². The van der Waals surface area contributed by atoms with Gasteiger partial charge in [0, 0.05) is 70.4 Å². The summed E-state index contributed by atoms with van der Waals surface area (Å²) in [6, 6.07) is 66.5. The first kappa shape index (κ1) is 53.2. The second-order valence-electron chi connectivity index (χ2n) is 29.7. The molecule has 1 fully saturated rings. The predicted molar refractivity (Wildman–Crippen MR) is 364 cm³/mol. The lowest BCUT2D eigenvalue weighted by Crippen LogP contribution is -2.61. The molecule has 9 aromatic carbocycles. The van der Waals surface area contributed by atoms with Crippen LogP contribution in [-0.4, -0.2) is 12.3 Å². The minimum Gasteiger partial charge on any atom is -0.454 e. The molecule has 1 saturated carbocycles. The molecular weight excluding hydrogens is 1040 g/mol. The lowest BCUT2D eigenvalue weighted by Gasteiger charge is -2.51. The van der Waals surface area contributed by atoms with Crippen molar-refractivity contribution in [1.82, 2.24) is 0 Å². The van der Waals surface area contributed by atoms with Gasteiger partial charge in [0.15, 0.2) is 5.58 Å². The molecule has 2 atom stereocenters. The summed E-state index contributed by atoms with van der Waals surface area (Å²) in [6.45, 7) is 33.4. The fraction of sp³-hybridized carbons (Fsp3) is 0.308. The monoisotopic (exact) mass is 1120 g/mol. The third kappa shape index (κ3) is 7.70. The average Bonchev–Trinajstić information content (AvgIpc) is 1.20. The van der Waals surface area contributed by atoms with Gasteiger partial charge in [-0.15, -0.1) is 11.3 Å². The van der Waals surface area contributed by atoms with Crippen LogP contribution in [0.15, 0.2) is 174 Å². The Bertz CT molecular complexity index is 4550. The van der Waals surface area contributed by atoms with Gasteiger partial charge < -0.3 is 19.1 Å². The van der Waals surface area contributed by atoms with Gasteiger partial charge >= 0.3 is 0 Å². The Kier molecular flexibility index (Phi) is 11.4. The van der Waals surface area contributed by atoms with E-state index in [1.54, 1.807) is 0 Å². The molecule has 0 radical (unpaired) electrons. The molecule has 0 saturated heterocycles. The summed E-state index contributed by atoms with van der Waals surface area (Å²) in [6.07, 6.45) is 4.64. The number of thiophene rings is 1. The highest BCUT2D eigenvalue weighted by molar-refractivity contribution is 7.26. The molecule has 0 amide bonds. The number of rotatable bonds is 4. The Morgan fingerprint density at radius 1 is 0.464 bits per heavy atom. The van der Waals surface area contributed by atoms with Gasteiger partial charge in [-0.2, -0.15) is 0 Å². The SMILES string of the molecule is CC(C)(C)c1ccc2c(c1)B1c3ccc4sc5ccc(C(C)(C)C)cc5c4c3N(c3ccc(C(C)(C)C)cc3-c3ccccc3)c3cc(N4c5ccc(C(C)(C)C)cc5C5(C)CCCCC45C)cc(c31)N2c1cccc2c1oc1ccccc12. The highest BCUT2D eigenvalue weighted by atomic mass is 32.1. The van der Waals surface area contributed by atoms with E-state index in [0.717, 1.165) is 40.5 Å². The summed E-state index contributed by atoms with van der Waals surface area (Å²) < 4.78 is 9.78. The topological polar surface area (TPSA) is 22.9 Å².